The van der Waals surface area contributed by atoms with Gasteiger partial charge >= 0.3 is 75.3 Å². The number of fused-ring (bicyclic) bond motifs is 15. The molecule has 0 radical (unpaired) electrons. The first-order chi connectivity index (χ1) is 51.4. The molecule has 0 spiro atoms. The zero-order valence-electron chi connectivity index (χ0n) is 73.4. The van der Waals surface area contributed by atoms with Crippen LogP contribution in [-0.2, 0) is 24.0 Å². The van der Waals surface area contributed by atoms with Gasteiger partial charge in [0.05, 0.1) is 21.7 Å². The summed E-state index contributed by atoms with van der Waals surface area (Å²) in [5.74, 6) is 4.09. The number of carboxylic acid groups (broad SMARTS) is 5. The van der Waals surface area contributed by atoms with Crippen LogP contribution >= 0.6 is 0 Å². The number of rotatable bonds is 10. The molecule has 10 nitrogen and oxygen atoms in total. The number of aliphatic carboxylic acids is 5. The third kappa shape index (κ3) is 16.3. The summed E-state index contributed by atoms with van der Waals surface area (Å²) in [6, 6.07) is 0. The van der Waals surface area contributed by atoms with Crippen molar-refractivity contribution in [3.63, 3.8) is 0 Å². The number of carbonyl (C=O) groups is 5. The Morgan fingerprint density at radius 2 is 0.459 bits per heavy atom. The van der Waals surface area contributed by atoms with Crippen molar-refractivity contribution in [3.05, 3.63) is 116 Å². The third-order valence-electron chi connectivity index (χ3n) is 35.3. The Kier molecular flexibility index (Phi) is 27.5. The van der Waals surface area contributed by atoms with E-state index in [9.17, 15) is 49.5 Å². The molecule has 20 atom stereocenters. The van der Waals surface area contributed by atoms with Gasteiger partial charge in [0.25, 0.3) is 0 Å². The van der Waals surface area contributed by atoms with Crippen LogP contribution in [0.15, 0.2) is 116 Å². The average Bonchev–Trinajstić information content (AvgIpc) is 0.751. The minimum absolute atomic E-state index is 0. The maximum atomic E-state index is 11.9. The summed E-state index contributed by atoms with van der Waals surface area (Å²) in [5, 5.41) is 51.1. The van der Waals surface area contributed by atoms with E-state index < -0.39 is 56.9 Å². The molecule has 0 aliphatic heterocycles. The molecule has 5 saturated carbocycles. The predicted molar refractivity (Wildman–Crippen MR) is 445 cm³/mol. The molecule has 15 aliphatic carbocycles. The molecule has 0 amide bonds. The van der Waals surface area contributed by atoms with Gasteiger partial charge in [-0.05, 0) is 332 Å². The number of carbonyl (C=O) groups excluding carboxylic acids is 1. The molecule has 0 heterocycles. The fourth-order valence-corrected chi connectivity index (χ4v) is 28.0. The summed E-state index contributed by atoms with van der Waals surface area (Å²) in [4.78, 5) is 59.6. The summed E-state index contributed by atoms with van der Waals surface area (Å²) in [7, 11) is 0. The van der Waals surface area contributed by atoms with Gasteiger partial charge in [0.2, 0.25) is 0 Å². The van der Waals surface area contributed by atoms with Crippen LogP contribution in [0.5, 0.6) is 0 Å². The van der Waals surface area contributed by atoms with Crippen LogP contribution in [-0.4, -0.2) is 50.3 Å². The summed E-state index contributed by atoms with van der Waals surface area (Å²) >= 11 is 0. The normalized spacial score (nSPS) is 40.9. The fraction of sp³-hybridized carbons (Fsp3) is 0.750. The zero-order chi connectivity index (χ0) is 80.6. The molecule has 4 N–H and O–H groups in total. The molecule has 610 valence electrons. The minimum Gasteiger partial charge on any atom is -0.550 e. The van der Waals surface area contributed by atoms with E-state index in [0.29, 0.717) is 59.2 Å². The topological polar surface area (TPSA) is 189 Å². The van der Waals surface area contributed by atoms with Gasteiger partial charge in [0, 0.05) is 11.4 Å². The molecule has 0 bridgehead atoms. The van der Waals surface area contributed by atoms with Gasteiger partial charge in [-0.25, -0.2) is 0 Å². The molecule has 0 aromatic rings. The minimum atomic E-state index is -0.838. The summed E-state index contributed by atoms with van der Waals surface area (Å²) in [6.45, 7) is 44.6. The van der Waals surface area contributed by atoms with E-state index in [0.717, 1.165) is 103 Å². The van der Waals surface area contributed by atoms with Gasteiger partial charge in [0.1, 0.15) is 0 Å². The Bertz CT molecular complexity index is 3290. The smallest absolute Gasteiger partial charge is 0.550 e. The second-order valence-corrected chi connectivity index (χ2v) is 42.7. The van der Waals surface area contributed by atoms with Crippen LogP contribution in [0.25, 0.3) is 0 Å². The Morgan fingerprint density at radius 1 is 0.297 bits per heavy atom. The number of allylic oxidation sites excluding steroid dienone is 20. The van der Waals surface area contributed by atoms with Gasteiger partial charge in [-0.2, -0.15) is 0 Å². The van der Waals surface area contributed by atoms with Crippen LogP contribution in [0.3, 0.4) is 0 Å². The molecule has 15 aliphatic rings. The van der Waals surface area contributed by atoms with Gasteiger partial charge < -0.3 is 30.3 Å². The Morgan fingerprint density at radius 3 is 0.613 bits per heavy atom. The van der Waals surface area contributed by atoms with E-state index >= 15 is 0 Å². The first-order valence-corrected chi connectivity index (χ1v) is 44.6. The monoisotopic (exact) mass is 1550 g/mol. The first-order valence-electron chi connectivity index (χ1n) is 44.6. The number of carboxylic acids is 5. The molecular formula is C100H149KO10. The van der Waals surface area contributed by atoms with Crippen LogP contribution < -0.4 is 56.5 Å². The van der Waals surface area contributed by atoms with Gasteiger partial charge in [-0.1, -0.05) is 232 Å². The molecule has 111 heavy (non-hydrogen) atoms. The van der Waals surface area contributed by atoms with Crippen molar-refractivity contribution in [2.45, 2.75) is 331 Å². The first kappa shape index (κ1) is 89.7. The second-order valence-electron chi connectivity index (χ2n) is 42.7. The molecule has 0 saturated heterocycles. The fourth-order valence-electron chi connectivity index (χ4n) is 28.0. The van der Waals surface area contributed by atoms with E-state index in [1.807, 2.05) is 34.6 Å². The van der Waals surface area contributed by atoms with E-state index in [4.69, 9.17) is 0 Å². The van der Waals surface area contributed by atoms with Crippen LogP contribution in [0, 0.1) is 143 Å². The van der Waals surface area contributed by atoms with E-state index in [1.54, 1.807) is 27.9 Å². The maximum absolute atomic E-state index is 11.9. The van der Waals surface area contributed by atoms with E-state index in [1.165, 1.54) is 118 Å². The van der Waals surface area contributed by atoms with Gasteiger partial charge in [-0.3, -0.25) is 19.2 Å². The SMILES string of the molecule is CC(C)C1=CC2=CCC3[C@](C)(C(=O)O)CCC[C@]3(C)[C@H]2CC1.CC(C)C1=CC2=CCC3[C@](C)(C(=O)O)CCC[C@]3(C)[C@H]2CC1.CC(C)C1=CC2=CCC3[C@](C)(C(=O)O)CCC[C@]3(C)[C@H]2CC1.CC(C)C1=CC2=CCC3[C@](C)(C(=O)O)CCC[C@]3(C)[C@H]2CC1.CC(C)C1=CC2=CCC3[C@](C)(C(=O)[O-])CCC[C@]3(C)[C@H]2CC1.[K+]. The molecule has 11 heteroatoms. The standard InChI is InChI=1S/5C20H30O2.K/c5*1-13(2)14-6-8-16-15(12-14)7-9-17-19(16,3)10-5-11-20(17,4)18(21)22;/h5*7,12-13,16-17H,5-6,8-11H2,1-4H3,(H,21,22);/q;;;;;+1/p-1/t5*16-,17?,19+,20+;/m00000./s1. The average molecular weight is 1550 g/mol. The molecular weight excluding hydrogens is 1400 g/mol. The molecule has 5 unspecified atom stereocenters. The second kappa shape index (κ2) is 34.0. The van der Waals surface area contributed by atoms with E-state index in [-0.39, 0.29) is 108 Å². The van der Waals surface area contributed by atoms with Crippen LogP contribution in [0.1, 0.15) is 331 Å². The number of hydrogen-bond donors (Lipinski definition) is 4. The van der Waals surface area contributed by atoms with Crippen LogP contribution in [0.2, 0.25) is 0 Å². The number of hydrogen-bond acceptors (Lipinski definition) is 6. The maximum Gasteiger partial charge on any atom is 1.00 e. The van der Waals surface area contributed by atoms with E-state index in [2.05, 4.69) is 165 Å². The van der Waals surface area contributed by atoms with Crippen molar-refractivity contribution in [1.29, 1.82) is 0 Å². The van der Waals surface area contributed by atoms with Crippen molar-refractivity contribution in [1.82, 2.24) is 0 Å². The Labute approximate surface area is 715 Å². The third-order valence-corrected chi connectivity index (χ3v) is 35.3. The molecule has 0 aromatic carbocycles. The summed E-state index contributed by atoms with van der Waals surface area (Å²) < 4.78 is 0. The van der Waals surface area contributed by atoms with Crippen molar-refractivity contribution in [2.75, 3.05) is 0 Å². The van der Waals surface area contributed by atoms with Crippen molar-refractivity contribution < 1.29 is 101 Å². The quantitative estimate of drug-likeness (QED) is 0.153. The zero-order valence-corrected chi connectivity index (χ0v) is 76.5. The van der Waals surface area contributed by atoms with Crippen molar-refractivity contribution in [2.24, 2.45) is 143 Å². The Balaban J connectivity index is 0.000000147. The summed E-state index contributed by atoms with van der Waals surface area (Å²) in [6.07, 6.45) is 55.8. The van der Waals surface area contributed by atoms with Crippen molar-refractivity contribution in [3.8, 4) is 0 Å². The predicted octanol–water partition coefficient (Wildman–Crippen LogP) is 21.7. The Hall–Kier alpha value is -3.61. The molecule has 15 rings (SSSR count). The van der Waals surface area contributed by atoms with Gasteiger partial charge in [0.15, 0.2) is 0 Å². The van der Waals surface area contributed by atoms with Gasteiger partial charge in [-0.15, -0.1) is 0 Å². The summed E-state index contributed by atoms with van der Waals surface area (Å²) in [5.41, 5.74) is 13.3. The molecule has 5 fully saturated rings. The molecule has 0 aromatic heterocycles. The van der Waals surface area contributed by atoms with Crippen molar-refractivity contribution >= 4 is 29.8 Å². The largest absolute Gasteiger partial charge is 1.00 e. The van der Waals surface area contributed by atoms with Crippen LogP contribution in [0.4, 0.5) is 0 Å².